The van der Waals surface area contributed by atoms with Crippen LogP contribution in [0.25, 0.3) is 0 Å². The molecule has 0 saturated carbocycles. The van der Waals surface area contributed by atoms with E-state index in [4.69, 9.17) is 35.0 Å². The van der Waals surface area contributed by atoms with Gasteiger partial charge in [0.05, 0.1) is 21.0 Å². The molecule has 2 aliphatic heterocycles. The highest BCUT2D eigenvalue weighted by molar-refractivity contribution is 5.76. The first-order chi connectivity index (χ1) is 18.9. The average molecular weight is 431 g/mol. The zero-order chi connectivity index (χ0) is 32.3. The standard InChI is InChI=1S/C24H38N2O4/c1-14(2)9-17-13-26-8-7-16-10-21(28-5)22(29-6)11-18(16)19(26)12-20(17)30-24(27)23(25)15(3)4/h10-11,14-15,17,19-20,23H,7-9,12-13,25H2,1-6H3/t17?,19?,20?,23-/m0/s1/i3D3,4D3,6D3,15D,19D,23D. The smallest absolute Gasteiger partial charge is 0.323 e. The molecule has 0 amide bonds. The van der Waals surface area contributed by atoms with Gasteiger partial charge in [-0.05, 0) is 47.9 Å². The van der Waals surface area contributed by atoms with Gasteiger partial charge < -0.3 is 19.9 Å². The Morgan fingerprint density at radius 2 is 2.13 bits per heavy atom. The molecule has 1 aromatic carbocycles. The minimum absolute atomic E-state index is 0.105. The number of hydrogen-bond acceptors (Lipinski definition) is 6. The minimum atomic E-state index is -3.72. The van der Waals surface area contributed by atoms with Crippen LogP contribution in [-0.2, 0) is 16.0 Å². The average Bonchev–Trinajstić information content (AvgIpc) is 2.81. The number of benzene rings is 1. The first-order valence-corrected chi connectivity index (χ1v) is 10.0. The first kappa shape index (κ1) is 11.7. The van der Waals surface area contributed by atoms with E-state index in [-0.39, 0.29) is 30.4 Å². The largest absolute Gasteiger partial charge is 0.493 e. The van der Waals surface area contributed by atoms with Crippen molar-refractivity contribution < 1.29 is 35.5 Å². The number of nitrogens with two attached hydrogens (primary N) is 1. The van der Waals surface area contributed by atoms with E-state index < -0.39 is 56.7 Å². The molecule has 6 nitrogen and oxygen atoms in total. The van der Waals surface area contributed by atoms with Crippen LogP contribution in [0.15, 0.2) is 12.1 Å². The Morgan fingerprint density at radius 1 is 1.37 bits per heavy atom. The molecular formula is C24H38N2O4. The molecule has 0 radical (unpaired) electrons. The summed E-state index contributed by atoms with van der Waals surface area (Å²) in [6.45, 7) is -2.72. The maximum absolute atomic E-state index is 13.4. The van der Waals surface area contributed by atoms with Crippen LogP contribution in [-0.4, -0.2) is 50.2 Å². The maximum Gasteiger partial charge on any atom is 0.323 e. The molecule has 2 N–H and O–H groups in total. The number of ether oxygens (including phenoxy) is 3. The van der Waals surface area contributed by atoms with Crippen LogP contribution >= 0.6 is 0 Å². The van der Waals surface area contributed by atoms with Gasteiger partial charge in [-0.1, -0.05) is 27.6 Å². The van der Waals surface area contributed by atoms with Crippen molar-refractivity contribution in [3.05, 3.63) is 23.3 Å². The molecule has 1 saturated heterocycles. The Morgan fingerprint density at radius 3 is 2.80 bits per heavy atom. The van der Waals surface area contributed by atoms with Gasteiger partial charge in [0.2, 0.25) is 0 Å². The minimum Gasteiger partial charge on any atom is -0.493 e. The van der Waals surface area contributed by atoms with Gasteiger partial charge in [-0.15, -0.1) is 0 Å². The zero-order valence-electron chi connectivity index (χ0n) is 29.6. The van der Waals surface area contributed by atoms with Crippen molar-refractivity contribution in [3.63, 3.8) is 0 Å². The quantitative estimate of drug-likeness (QED) is 0.667. The number of fused-ring (bicyclic) bond motifs is 3. The van der Waals surface area contributed by atoms with Gasteiger partial charge in [-0.25, -0.2) is 0 Å². The monoisotopic (exact) mass is 430 g/mol. The number of carbonyl (C=O) groups excluding carboxylic acids is 1. The Bertz CT molecular complexity index is 1150. The van der Waals surface area contributed by atoms with E-state index >= 15 is 0 Å². The third kappa shape index (κ3) is 4.75. The summed E-state index contributed by atoms with van der Waals surface area (Å²) in [5.74, 6) is -5.65. The van der Waals surface area contributed by atoms with Gasteiger partial charge >= 0.3 is 5.97 Å². The van der Waals surface area contributed by atoms with Gasteiger partial charge in [0, 0.05) is 41.0 Å². The summed E-state index contributed by atoms with van der Waals surface area (Å²) in [6, 6.07) is -2.08. The van der Waals surface area contributed by atoms with Crippen molar-refractivity contribution in [1.29, 1.82) is 0 Å². The molecule has 0 spiro atoms. The van der Waals surface area contributed by atoms with E-state index in [9.17, 15) is 6.17 Å². The second-order valence-corrected chi connectivity index (χ2v) is 8.23. The summed E-state index contributed by atoms with van der Waals surface area (Å²) in [7, 11) is -1.44. The lowest BCUT2D eigenvalue weighted by Gasteiger charge is -2.47. The first-order valence-electron chi connectivity index (χ1n) is 16.0. The number of methoxy groups -OCH3 is 2. The lowest BCUT2D eigenvalue weighted by molar-refractivity contribution is -0.160. The number of carbonyl (C=O) groups is 1. The predicted octanol–water partition coefficient (Wildman–Crippen LogP) is 3.56. The fraction of sp³-hybridized carbons (Fsp3) is 0.708. The lowest BCUT2D eigenvalue weighted by Crippen LogP contribution is -2.51. The molecule has 0 aliphatic carbocycles. The Labute approximate surface area is 197 Å². The fourth-order valence-electron chi connectivity index (χ4n) is 4.35. The van der Waals surface area contributed by atoms with Crippen LogP contribution in [0.2, 0.25) is 0 Å². The van der Waals surface area contributed by atoms with E-state index in [0.717, 1.165) is 0 Å². The molecule has 0 bridgehead atoms. The highest BCUT2D eigenvalue weighted by atomic mass is 16.5. The molecule has 3 unspecified atom stereocenters. The highest BCUT2D eigenvalue weighted by Gasteiger charge is 2.41. The van der Waals surface area contributed by atoms with Crippen molar-refractivity contribution in [2.24, 2.45) is 23.5 Å². The van der Waals surface area contributed by atoms with Crippen LogP contribution in [0.5, 0.6) is 11.5 Å². The number of esters is 1. The Hall–Kier alpha value is -1.79. The van der Waals surface area contributed by atoms with Crippen molar-refractivity contribution >= 4 is 5.97 Å². The second-order valence-electron chi connectivity index (χ2n) is 8.23. The van der Waals surface area contributed by atoms with E-state index in [0.29, 0.717) is 30.5 Å². The normalized spacial score (nSPS) is 35.9. The number of hydrogen-bond donors (Lipinski definition) is 1. The van der Waals surface area contributed by atoms with Crippen LogP contribution in [0.4, 0.5) is 0 Å². The Kier molecular flexibility index (Phi) is 3.74. The van der Waals surface area contributed by atoms with Gasteiger partial charge in [-0.3, -0.25) is 9.69 Å². The molecule has 30 heavy (non-hydrogen) atoms. The van der Waals surface area contributed by atoms with Gasteiger partial charge in [0.1, 0.15) is 12.1 Å². The SMILES string of the molecule is [2H]C([2H])([2H])Oc1cc2c(cc1OC)CCN1CC(CC(C)C)C(OC(=O)[C@@]([2H])(N)C([2H])(C([2H])([2H])[2H])C([2H])([2H])[2H])CC21[2H]. The van der Waals surface area contributed by atoms with Crippen LogP contribution in [0.3, 0.4) is 0 Å². The summed E-state index contributed by atoms with van der Waals surface area (Å²) >= 11 is 0. The molecule has 1 fully saturated rings. The van der Waals surface area contributed by atoms with Gasteiger partial charge in [0.15, 0.2) is 11.5 Å². The Balaban J connectivity index is 2.07. The highest BCUT2D eigenvalue weighted by Crippen LogP contribution is 2.44. The number of piperidine rings is 1. The molecule has 3 rings (SSSR count). The topological polar surface area (TPSA) is 74.0 Å². The van der Waals surface area contributed by atoms with E-state index in [1.54, 1.807) is 6.07 Å². The molecule has 2 heterocycles. The fourth-order valence-corrected chi connectivity index (χ4v) is 4.35. The van der Waals surface area contributed by atoms with Crippen LogP contribution < -0.4 is 15.2 Å². The summed E-state index contributed by atoms with van der Waals surface area (Å²) < 4.78 is 111. The molecule has 1 aromatic rings. The molecule has 6 heteroatoms. The summed E-state index contributed by atoms with van der Waals surface area (Å²) in [6.07, 6.45) is -0.283. The van der Waals surface area contributed by atoms with Crippen molar-refractivity contribution in [2.75, 3.05) is 27.2 Å². The van der Waals surface area contributed by atoms with Crippen molar-refractivity contribution in [3.8, 4) is 11.5 Å². The van der Waals surface area contributed by atoms with E-state index in [2.05, 4.69) is 0 Å². The van der Waals surface area contributed by atoms with Crippen LogP contribution in [0, 0.1) is 17.7 Å². The number of rotatable bonds is 7. The summed E-state index contributed by atoms with van der Waals surface area (Å²) in [4.78, 5) is 15.2. The van der Waals surface area contributed by atoms with Crippen molar-refractivity contribution in [1.82, 2.24) is 4.90 Å². The maximum atomic E-state index is 13.4. The molecule has 168 valence electrons. The summed E-state index contributed by atoms with van der Waals surface area (Å²) in [5, 5.41) is 0. The second kappa shape index (κ2) is 9.56. The zero-order valence-corrected chi connectivity index (χ0v) is 17.6. The summed E-state index contributed by atoms with van der Waals surface area (Å²) in [5.41, 5.74) is 6.85. The van der Waals surface area contributed by atoms with Gasteiger partial charge in [0.25, 0.3) is 0 Å². The third-order valence-corrected chi connectivity index (χ3v) is 5.74. The molecular weight excluding hydrogens is 380 g/mol. The van der Waals surface area contributed by atoms with E-state index in [1.165, 1.54) is 13.2 Å². The molecule has 0 aromatic heterocycles. The molecule has 2 aliphatic rings. The third-order valence-electron chi connectivity index (χ3n) is 5.74. The van der Waals surface area contributed by atoms with Crippen LogP contribution in [0.1, 0.15) is 74.0 Å². The lowest BCUT2D eigenvalue weighted by atomic mass is 9.79. The number of nitrogens with zero attached hydrogens (tertiary/aromatic N) is 1. The van der Waals surface area contributed by atoms with Crippen molar-refractivity contribution in [2.45, 2.75) is 65.0 Å². The van der Waals surface area contributed by atoms with Gasteiger partial charge in [-0.2, -0.15) is 0 Å². The molecule has 4 atom stereocenters. The predicted molar refractivity (Wildman–Crippen MR) is 118 cm³/mol. The van der Waals surface area contributed by atoms with E-state index in [1.807, 2.05) is 18.7 Å².